The summed E-state index contributed by atoms with van der Waals surface area (Å²) in [5.74, 6) is -0.434. The van der Waals surface area contributed by atoms with Crippen LogP contribution in [0.5, 0.6) is 0 Å². The molecule has 2 aromatic rings. The smallest absolute Gasteiger partial charge is 0.239 e. The highest BCUT2D eigenvalue weighted by molar-refractivity contribution is 5.81. The molecule has 1 amide bonds. The molecule has 104 valence electrons. The van der Waals surface area contributed by atoms with Crippen LogP contribution in [0.25, 0.3) is 0 Å². The molecule has 2 N–H and O–H groups in total. The Balaban J connectivity index is 1.85. The van der Waals surface area contributed by atoms with Crippen molar-refractivity contribution in [1.29, 1.82) is 0 Å². The highest BCUT2D eigenvalue weighted by Crippen LogP contribution is 2.13. The molecular weight excluding hydrogens is 255 g/mol. The van der Waals surface area contributed by atoms with Crippen molar-refractivity contribution in [2.45, 2.75) is 13.0 Å². The Morgan fingerprint density at radius 1 is 1.15 bits per heavy atom. The van der Waals surface area contributed by atoms with Gasteiger partial charge >= 0.3 is 0 Å². The van der Waals surface area contributed by atoms with Crippen LogP contribution >= 0.6 is 0 Å². The number of halogens is 1. The molecule has 2 aromatic carbocycles. The molecule has 20 heavy (non-hydrogen) atoms. The molecule has 0 aliphatic rings. The molecule has 0 saturated heterocycles. The monoisotopic (exact) mass is 272 g/mol. The summed E-state index contributed by atoms with van der Waals surface area (Å²) < 4.78 is 13.1. The third-order valence-corrected chi connectivity index (χ3v) is 2.95. The van der Waals surface area contributed by atoms with Crippen molar-refractivity contribution in [2.24, 2.45) is 0 Å². The lowest BCUT2D eigenvalue weighted by Gasteiger charge is -2.15. The minimum atomic E-state index is -0.300. The number of para-hydroxylation sites is 1. The predicted molar refractivity (Wildman–Crippen MR) is 77.9 cm³/mol. The number of carbonyl (C=O) groups is 1. The van der Waals surface area contributed by atoms with Gasteiger partial charge in [-0.3, -0.25) is 4.79 Å². The first-order valence-electron chi connectivity index (χ1n) is 6.49. The summed E-state index contributed by atoms with van der Waals surface area (Å²) in [5, 5.41) is 5.85. The molecular formula is C16H17FN2O. The van der Waals surface area contributed by atoms with E-state index < -0.39 is 0 Å². The quantitative estimate of drug-likeness (QED) is 0.878. The Labute approximate surface area is 117 Å². The molecule has 0 fully saturated rings. The minimum Gasteiger partial charge on any atom is -0.376 e. The first kappa shape index (κ1) is 14.1. The molecule has 2 rings (SSSR count). The third-order valence-electron chi connectivity index (χ3n) is 2.95. The summed E-state index contributed by atoms with van der Waals surface area (Å²) in [7, 11) is 0. The molecule has 0 radical (unpaired) electrons. The van der Waals surface area contributed by atoms with Crippen LogP contribution in [0.2, 0.25) is 0 Å². The number of hydrogen-bond donors (Lipinski definition) is 2. The minimum absolute atomic E-state index is 0.134. The second kappa shape index (κ2) is 6.70. The lowest BCUT2D eigenvalue weighted by atomic mass is 10.1. The van der Waals surface area contributed by atoms with Gasteiger partial charge in [-0.25, -0.2) is 4.39 Å². The number of hydrogen-bond acceptors (Lipinski definition) is 2. The lowest BCUT2D eigenvalue weighted by molar-refractivity contribution is -0.120. The normalized spacial score (nSPS) is 11.7. The number of anilines is 1. The van der Waals surface area contributed by atoms with Crippen LogP contribution in [-0.4, -0.2) is 12.5 Å². The second-order valence-electron chi connectivity index (χ2n) is 4.56. The van der Waals surface area contributed by atoms with Crippen LogP contribution in [0.3, 0.4) is 0 Å². The Hall–Kier alpha value is -2.36. The molecule has 4 heteroatoms. The Morgan fingerprint density at radius 2 is 1.90 bits per heavy atom. The zero-order chi connectivity index (χ0) is 14.4. The largest absolute Gasteiger partial charge is 0.376 e. The maximum atomic E-state index is 13.1. The highest BCUT2D eigenvalue weighted by Gasteiger charge is 2.09. The number of amides is 1. The predicted octanol–water partition coefficient (Wildman–Crippen LogP) is 3.12. The summed E-state index contributed by atoms with van der Waals surface area (Å²) in [6, 6.07) is 15.5. The van der Waals surface area contributed by atoms with Crippen molar-refractivity contribution in [3.63, 3.8) is 0 Å². The van der Waals surface area contributed by atoms with Gasteiger partial charge in [-0.2, -0.15) is 0 Å². The lowest BCUT2D eigenvalue weighted by Crippen LogP contribution is -2.32. The third kappa shape index (κ3) is 4.09. The number of rotatable bonds is 5. The van der Waals surface area contributed by atoms with E-state index in [1.165, 1.54) is 12.1 Å². The van der Waals surface area contributed by atoms with Crippen LogP contribution in [0.1, 0.15) is 18.5 Å². The number of benzene rings is 2. The molecule has 1 atom stereocenters. The summed E-state index contributed by atoms with van der Waals surface area (Å²) >= 11 is 0. The standard InChI is InChI=1S/C16H17FN2O/c1-12(13-6-5-7-14(17)10-13)19-16(20)11-18-15-8-3-2-4-9-15/h2-10,12,18H,11H2,1H3,(H,19,20). The highest BCUT2D eigenvalue weighted by atomic mass is 19.1. The maximum Gasteiger partial charge on any atom is 0.239 e. The SMILES string of the molecule is CC(NC(=O)CNc1ccccc1)c1cccc(F)c1. The first-order valence-corrected chi connectivity index (χ1v) is 6.49. The van der Waals surface area contributed by atoms with E-state index in [9.17, 15) is 9.18 Å². The van der Waals surface area contributed by atoms with Gasteiger partial charge in [-0.15, -0.1) is 0 Å². The van der Waals surface area contributed by atoms with Gasteiger partial charge in [-0.05, 0) is 36.8 Å². The van der Waals surface area contributed by atoms with Crippen LogP contribution < -0.4 is 10.6 Å². The molecule has 1 unspecified atom stereocenters. The van der Waals surface area contributed by atoms with Crippen LogP contribution in [0.4, 0.5) is 10.1 Å². The van der Waals surface area contributed by atoms with E-state index in [0.29, 0.717) is 0 Å². The van der Waals surface area contributed by atoms with Gasteiger partial charge in [0.15, 0.2) is 0 Å². The maximum absolute atomic E-state index is 13.1. The Kier molecular flexibility index (Phi) is 4.71. The van der Waals surface area contributed by atoms with Crippen molar-refractivity contribution in [3.05, 3.63) is 66.0 Å². The van der Waals surface area contributed by atoms with Gasteiger partial charge in [0, 0.05) is 5.69 Å². The topological polar surface area (TPSA) is 41.1 Å². The van der Waals surface area contributed by atoms with E-state index in [1.54, 1.807) is 12.1 Å². The van der Waals surface area contributed by atoms with E-state index in [2.05, 4.69) is 10.6 Å². The fourth-order valence-corrected chi connectivity index (χ4v) is 1.89. The van der Waals surface area contributed by atoms with Crippen molar-refractivity contribution < 1.29 is 9.18 Å². The number of nitrogens with one attached hydrogen (secondary N) is 2. The van der Waals surface area contributed by atoms with Gasteiger partial charge in [0.25, 0.3) is 0 Å². The summed E-state index contributed by atoms with van der Waals surface area (Å²) in [5.41, 5.74) is 1.64. The molecule has 0 aromatic heterocycles. The van der Waals surface area contributed by atoms with Crippen LogP contribution in [-0.2, 0) is 4.79 Å². The van der Waals surface area contributed by atoms with Crippen LogP contribution in [0, 0.1) is 5.82 Å². The Bertz CT molecular complexity index is 572. The summed E-state index contributed by atoms with van der Waals surface area (Å²) in [4.78, 5) is 11.8. The van der Waals surface area contributed by atoms with Gasteiger partial charge in [0.1, 0.15) is 5.82 Å². The zero-order valence-electron chi connectivity index (χ0n) is 11.3. The Morgan fingerprint density at radius 3 is 2.60 bits per heavy atom. The summed E-state index contributed by atoms with van der Waals surface area (Å²) in [6.45, 7) is 2.01. The fraction of sp³-hybridized carbons (Fsp3) is 0.188. The molecule has 0 bridgehead atoms. The molecule has 0 heterocycles. The van der Waals surface area contributed by atoms with Gasteiger partial charge < -0.3 is 10.6 Å². The molecule has 0 spiro atoms. The van der Waals surface area contributed by atoms with Gasteiger partial charge in [0.05, 0.1) is 12.6 Å². The average molecular weight is 272 g/mol. The van der Waals surface area contributed by atoms with E-state index in [0.717, 1.165) is 11.3 Å². The van der Waals surface area contributed by atoms with Crippen molar-refractivity contribution >= 4 is 11.6 Å². The molecule has 0 saturated carbocycles. The van der Waals surface area contributed by atoms with Crippen LogP contribution in [0.15, 0.2) is 54.6 Å². The summed E-state index contributed by atoms with van der Waals surface area (Å²) in [6.07, 6.45) is 0. The van der Waals surface area contributed by atoms with E-state index >= 15 is 0 Å². The molecule has 0 aliphatic heterocycles. The average Bonchev–Trinajstić information content (AvgIpc) is 2.46. The van der Waals surface area contributed by atoms with Gasteiger partial charge in [0.2, 0.25) is 5.91 Å². The van der Waals surface area contributed by atoms with E-state index in [4.69, 9.17) is 0 Å². The van der Waals surface area contributed by atoms with Crippen molar-refractivity contribution in [2.75, 3.05) is 11.9 Å². The van der Waals surface area contributed by atoms with Crippen molar-refractivity contribution in [3.8, 4) is 0 Å². The fourth-order valence-electron chi connectivity index (χ4n) is 1.89. The first-order chi connectivity index (χ1) is 9.65. The second-order valence-corrected chi connectivity index (χ2v) is 4.56. The van der Waals surface area contributed by atoms with Gasteiger partial charge in [-0.1, -0.05) is 30.3 Å². The van der Waals surface area contributed by atoms with Crippen molar-refractivity contribution in [1.82, 2.24) is 5.32 Å². The molecule has 0 aliphatic carbocycles. The number of carbonyl (C=O) groups excluding carboxylic acids is 1. The zero-order valence-corrected chi connectivity index (χ0v) is 11.3. The molecule has 3 nitrogen and oxygen atoms in total. The van der Waals surface area contributed by atoms with E-state index in [1.807, 2.05) is 37.3 Å². The van der Waals surface area contributed by atoms with E-state index in [-0.39, 0.29) is 24.3 Å².